The summed E-state index contributed by atoms with van der Waals surface area (Å²) in [6, 6.07) is 57.2. The number of benzene rings is 7. The maximum Gasteiger partial charge on any atom is 0.167 e. The molecular weight excluding hydrogens is 635 g/mol. The van der Waals surface area contributed by atoms with Gasteiger partial charge in [-0.05, 0) is 56.6 Å². The number of hydrogen-bond acceptors (Lipinski definition) is 4. The molecule has 4 heteroatoms. The molecule has 0 amide bonds. The third-order valence-electron chi connectivity index (χ3n) is 10.6. The van der Waals surface area contributed by atoms with Crippen LogP contribution in [0, 0.1) is 0 Å². The van der Waals surface area contributed by atoms with Gasteiger partial charge in [-0.2, -0.15) is 0 Å². The third kappa shape index (κ3) is 4.72. The van der Waals surface area contributed by atoms with Crippen molar-refractivity contribution in [2.24, 2.45) is 0 Å². The van der Waals surface area contributed by atoms with Crippen LogP contribution < -0.4 is 0 Å². The molecule has 52 heavy (non-hydrogen) atoms. The molecule has 7 aromatic carbocycles. The first-order valence-electron chi connectivity index (χ1n) is 17.7. The van der Waals surface area contributed by atoms with E-state index in [1.54, 1.807) is 0 Å². The van der Waals surface area contributed by atoms with Crippen LogP contribution in [0.5, 0.6) is 0 Å². The minimum absolute atomic E-state index is 0.154. The highest BCUT2D eigenvalue weighted by molar-refractivity contribution is 6.09. The average Bonchev–Trinajstić information content (AvgIpc) is 3.70. The number of nitrogens with zero attached hydrogens (tertiary/aromatic N) is 3. The third-order valence-corrected chi connectivity index (χ3v) is 10.6. The molecule has 0 saturated carbocycles. The maximum absolute atomic E-state index is 6.52. The van der Waals surface area contributed by atoms with Crippen LogP contribution in [-0.4, -0.2) is 15.0 Å². The first-order chi connectivity index (χ1) is 25.5. The van der Waals surface area contributed by atoms with E-state index in [2.05, 4.69) is 153 Å². The smallest absolute Gasteiger partial charge is 0.167 e. The van der Waals surface area contributed by atoms with Crippen molar-refractivity contribution in [2.45, 2.75) is 19.3 Å². The molecule has 0 aliphatic heterocycles. The predicted molar refractivity (Wildman–Crippen MR) is 212 cm³/mol. The van der Waals surface area contributed by atoms with Gasteiger partial charge in [0.05, 0.1) is 5.56 Å². The molecule has 0 atom stereocenters. The lowest BCUT2D eigenvalue weighted by Crippen LogP contribution is -2.14. The molecule has 10 rings (SSSR count). The molecule has 0 unspecified atom stereocenters. The standard InChI is InChI=1S/C48H33N3O/c1-48(2)40-23-10-8-19-37(40)43-38(21-13-24-41(43)48)46-49-45(50-47(51-46)39-22-12-20-35-34-17-9-11-25-42(34)52-44(35)39)36-18-7-6-16-33(36)32-28-26-31(27-29-32)30-14-4-3-5-15-30/h3-29H,1-2H3. The Hall–Kier alpha value is -6.65. The summed E-state index contributed by atoms with van der Waals surface area (Å²) in [6.45, 7) is 4.60. The van der Waals surface area contributed by atoms with Gasteiger partial charge >= 0.3 is 0 Å². The highest BCUT2D eigenvalue weighted by atomic mass is 16.3. The molecule has 2 heterocycles. The second-order valence-electron chi connectivity index (χ2n) is 14.0. The van der Waals surface area contributed by atoms with Crippen molar-refractivity contribution in [3.63, 3.8) is 0 Å². The molecule has 9 aromatic rings. The molecule has 0 radical (unpaired) electrons. The highest BCUT2D eigenvalue weighted by Gasteiger charge is 2.37. The zero-order valence-electron chi connectivity index (χ0n) is 28.8. The van der Waals surface area contributed by atoms with E-state index in [0.29, 0.717) is 17.5 Å². The van der Waals surface area contributed by atoms with Gasteiger partial charge in [-0.25, -0.2) is 15.0 Å². The summed E-state index contributed by atoms with van der Waals surface area (Å²) in [7, 11) is 0. The van der Waals surface area contributed by atoms with Gasteiger partial charge in [0.25, 0.3) is 0 Å². The van der Waals surface area contributed by atoms with Gasteiger partial charge in [0.2, 0.25) is 0 Å². The van der Waals surface area contributed by atoms with Crippen LogP contribution in [0.25, 0.3) is 89.5 Å². The minimum atomic E-state index is -0.154. The Morgan fingerprint density at radius 3 is 1.71 bits per heavy atom. The van der Waals surface area contributed by atoms with Crippen LogP contribution in [0.4, 0.5) is 0 Å². The van der Waals surface area contributed by atoms with Crippen molar-refractivity contribution in [1.82, 2.24) is 15.0 Å². The van der Waals surface area contributed by atoms with Gasteiger partial charge in [-0.1, -0.05) is 166 Å². The first-order valence-corrected chi connectivity index (χ1v) is 17.7. The van der Waals surface area contributed by atoms with Gasteiger partial charge < -0.3 is 4.42 Å². The van der Waals surface area contributed by atoms with Crippen molar-refractivity contribution < 1.29 is 4.42 Å². The Kier molecular flexibility index (Phi) is 6.80. The van der Waals surface area contributed by atoms with Crippen molar-refractivity contribution >= 4 is 21.9 Å². The van der Waals surface area contributed by atoms with Crippen molar-refractivity contribution in [2.75, 3.05) is 0 Å². The molecule has 0 saturated heterocycles. The van der Waals surface area contributed by atoms with Crippen LogP contribution in [0.15, 0.2) is 168 Å². The van der Waals surface area contributed by atoms with E-state index in [1.807, 2.05) is 24.3 Å². The van der Waals surface area contributed by atoms with E-state index in [9.17, 15) is 0 Å². The Morgan fingerprint density at radius 1 is 0.385 bits per heavy atom. The van der Waals surface area contributed by atoms with Crippen LogP contribution in [0.3, 0.4) is 0 Å². The van der Waals surface area contributed by atoms with Crippen LogP contribution in [0.2, 0.25) is 0 Å². The Labute approximate surface area is 302 Å². The fourth-order valence-corrected chi connectivity index (χ4v) is 8.00. The van der Waals surface area contributed by atoms with E-state index in [1.165, 1.54) is 33.4 Å². The van der Waals surface area contributed by atoms with Gasteiger partial charge in [-0.3, -0.25) is 0 Å². The topological polar surface area (TPSA) is 51.8 Å². The van der Waals surface area contributed by atoms with Crippen molar-refractivity contribution in [3.8, 4) is 67.5 Å². The maximum atomic E-state index is 6.52. The quantitative estimate of drug-likeness (QED) is 0.183. The lowest BCUT2D eigenvalue weighted by Gasteiger charge is -2.21. The van der Waals surface area contributed by atoms with E-state index < -0.39 is 0 Å². The Balaban J connectivity index is 1.21. The monoisotopic (exact) mass is 667 g/mol. The van der Waals surface area contributed by atoms with Crippen LogP contribution in [0.1, 0.15) is 25.0 Å². The molecule has 1 aliphatic rings. The van der Waals surface area contributed by atoms with Crippen molar-refractivity contribution in [1.29, 1.82) is 0 Å². The summed E-state index contributed by atoms with van der Waals surface area (Å²) in [4.78, 5) is 15.9. The fourth-order valence-electron chi connectivity index (χ4n) is 8.00. The molecule has 2 aromatic heterocycles. The van der Waals surface area contributed by atoms with Gasteiger partial charge in [-0.15, -0.1) is 0 Å². The molecule has 0 bridgehead atoms. The summed E-state index contributed by atoms with van der Waals surface area (Å²) < 4.78 is 6.52. The fraction of sp³-hybridized carbons (Fsp3) is 0.0625. The molecule has 246 valence electrons. The summed E-state index contributed by atoms with van der Waals surface area (Å²) in [5.74, 6) is 1.81. The SMILES string of the molecule is CC1(C)c2ccccc2-c2c(-c3nc(-c4ccccc4-c4ccc(-c5ccccc5)cc4)nc(-c4cccc5c4oc4ccccc45)n3)cccc21. The number of para-hydroxylation sites is 2. The summed E-state index contributed by atoms with van der Waals surface area (Å²) in [5, 5.41) is 2.10. The van der Waals surface area contributed by atoms with E-state index in [0.717, 1.165) is 49.8 Å². The summed E-state index contributed by atoms with van der Waals surface area (Å²) in [6.07, 6.45) is 0. The number of aromatic nitrogens is 3. The molecule has 1 aliphatic carbocycles. The van der Waals surface area contributed by atoms with Gasteiger partial charge in [0.15, 0.2) is 17.5 Å². The zero-order valence-corrected chi connectivity index (χ0v) is 28.8. The van der Waals surface area contributed by atoms with E-state index in [-0.39, 0.29) is 5.41 Å². The van der Waals surface area contributed by atoms with Crippen molar-refractivity contribution in [3.05, 3.63) is 175 Å². The lowest BCUT2D eigenvalue weighted by molar-refractivity contribution is 0.660. The number of rotatable bonds is 5. The summed E-state index contributed by atoms with van der Waals surface area (Å²) in [5.41, 5.74) is 13.7. The number of hydrogen-bond donors (Lipinski definition) is 0. The molecular formula is C48H33N3O. The van der Waals surface area contributed by atoms with E-state index >= 15 is 0 Å². The molecule has 0 spiro atoms. The number of furan rings is 1. The largest absolute Gasteiger partial charge is 0.455 e. The zero-order chi connectivity index (χ0) is 34.8. The van der Waals surface area contributed by atoms with E-state index in [4.69, 9.17) is 19.4 Å². The second-order valence-corrected chi connectivity index (χ2v) is 14.0. The Morgan fingerprint density at radius 2 is 0.904 bits per heavy atom. The predicted octanol–water partition coefficient (Wildman–Crippen LogP) is 12.4. The van der Waals surface area contributed by atoms with Crippen LogP contribution >= 0.6 is 0 Å². The second kappa shape index (κ2) is 11.7. The average molecular weight is 668 g/mol. The highest BCUT2D eigenvalue weighted by Crippen LogP contribution is 2.52. The molecule has 0 N–H and O–H groups in total. The van der Waals surface area contributed by atoms with Gasteiger partial charge in [0.1, 0.15) is 11.2 Å². The first kappa shape index (κ1) is 30.2. The summed E-state index contributed by atoms with van der Waals surface area (Å²) >= 11 is 0. The van der Waals surface area contributed by atoms with Crippen LogP contribution in [-0.2, 0) is 5.41 Å². The van der Waals surface area contributed by atoms with Gasteiger partial charge in [0, 0.05) is 27.3 Å². The Bertz CT molecular complexity index is 2810. The normalized spacial score (nSPS) is 13.0. The lowest BCUT2D eigenvalue weighted by atomic mass is 9.82. The minimum Gasteiger partial charge on any atom is -0.455 e. The molecule has 0 fully saturated rings. The molecule has 4 nitrogen and oxygen atoms in total. The number of fused-ring (bicyclic) bond motifs is 6.